The van der Waals surface area contributed by atoms with Gasteiger partial charge in [0.1, 0.15) is 0 Å². The van der Waals surface area contributed by atoms with Crippen LogP contribution in [0.2, 0.25) is 0 Å². The molecule has 0 bridgehead atoms. The first-order valence-electron chi connectivity index (χ1n) is 5.80. The number of thioether (sulfide) groups is 1. The van der Waals surface area contributed by atoms with E-state index in [0.717, 1.165) is 24.9 Å². The Labute approximate surface area is 108 Å². The Morgan fingerprint density at radius 1 is 1.44 bits per heavy atom. The summed E-state index contributed by atoms with van der Waals surface area (Å²) < 4.78 is 0. The molecule has 2 rings (SSSR count). The average Bonchev–Trinajstić information content (AvgIpc) is 2.99. The van der Waals surface area contributed by atoms with Crippen molar-refractivity contribution < 1.29 is 4.79 Å². The molecule has 2 N–H and O–H groups in total. The van der Waals surface area contributed by atoms with Crippen LogP contribution in [-0.4, -0.2) is 37.0 Å². The van der Waals surface area contributed by atoms with Crippen LogP contribution < -0.4 is 10.6 Å². The van der Waals surface area contributed by atoms with Gasteiger partial charge in [0, 0.05) is 6.04 Å². The molecule has 16 heavy (non-hydrogen) atoms. The highest BCUT2D eigenvalue weighted by molar-refractivity contribution is 7.99. The Morgan fingerprint density at radius 2 is 2.12 bits per heavy atom. The van der Waals surface area contributed by atoms with Gasteiger partial charge in [0.15, 0.2) is 0 Å². The van der Waals surface area contributed by atoms with Crippen LogP contribution in [0.3, 0.4) is 0 Å². The smallest absolute Gasteiger partial charge is 0.230 e. The Bertz CT molecular complexity index is 234. The molecule has 1 saturated carbocycles. The van der Waals surface area contributed by atoms with Crippen LogP contribution in [-0.2, 0) is 4.79 Å². The highest BCUT2D eigenvalue weighted by Gasteiger charge is 2.43. The van der Waals surface area contributed by atoms with E-state index in [4.69, 9.17) is 0 Å². The first-order valence-corrected chi connectivity index (χ1v) is 7.19. The standard InChI is InChI=1S/C11H20N2OS.ClH/c1-15-7-11(14)13-10-6-9(10)8-2-4-12-5-3-8;/h8-10,12H,2-7H2,1H3,(H,13,14);1H/t9-,10+;/m0./s1. The van der Waals surface area contributed by atoms with E-state index in [2.05, 4.69) is 10.6 Å². The van der Waals surface area contributed by atoms with Gasteiger partial charge in [-0.1, -0.05) is 0 Å². The predicted octanol–water partition coefficient (Wildman–Crippen LogP) is 1.28. The van der Waals surface area contributed by atoms with Crippen molar-refractivity contribution in [2.24, 2.45) is 11.8 Å². The third-order valence-electron chi connectivity index (χ3n) is 3.45. The molecule has 2 aliphatic rings. The molecule has 2 atom stereocenters. The summed E-state index contributed by atoms with van der Waals surface area (Å²) in [6.45, 7) is 2.32. The van der Waals surface area contributed by atoms with Gasteiger partial charge in [-0.2, -0.15) is 11.8 Å². The van der Waals surface area contributed by atoms with Crippen molar-refractivity contribution in [3.05, 3.63) is 0 Å². The second-order valence-electron chi connectivity index (χ2n) is 4.59. The number of nitrogens with one attached hydrogen (secondary N) is 2. The van der Waals surface area contributed by atoms with Crippen molar-refractivity contribution in [3.63, 3.8) is 0 Å². The molecule has 0 aromatic rings. The lowest BCUT2D eigenvalue weighted by Crippen LogP contribution is -2.33. The number of hydrogen-bond donors (Lipinski definition) is 2. The summed E-state index contributed by atoms with van der Waals surface area (Å²) in [5, 5.41) is 6.50. The molecule has 5 heteroatoms. The number of rotatable bonds is 4. The molecule has 1 aliphatic carbocycles. The van der Waals surface area contributed by atoms with Gasteiger partial charge < -0.3 is 10.6 Å². The van der Waals surface area contributed by atoms with Crippen LogP contribution in [0.25, 0.3) is 0 Å². The largest absolute Gasteiger partial charge is 0.352 e. The van der Waals surface area contributed by atoms with Crippen LogP contribution in [0.1, 0.15) is 19.3 Å². The van der Waals surface area contributed by atoms with Gasteiger partial charge >= 0.3 is 0 Å². The number of halogens is 1. The predicted molar refractivity (Wildman–Crippen MR) is 71.3 cm³/mol. The topological polar surface area (TPSA) is 41.1 Å². The van der Waals surface area contributed by atoms with Gasteiger partial charge in [-0.15, -0.1) is 12.4 Å². The van der Waals surface area contributed by atoms with Crippen molar-refractivity contribution in [3.8, 4) is 0 Å². The maximum Gasteiger partial charge on any atom is 0.230 e. The molecule has 0 spiro atoms. The normalized spacial score (nSPS) is 29.3. The lowest BCUT2D eigenvalue weighted by atomic mass is 9.93. The lowest BCUT2D eigenvalue weighted by molar-refractivity contribution is -0.118. The number of carbonyl (C=O) groups is 1. The zero-order valence-corrected chi connectivity index (χ0v) is 11.3. The van der Waals surface area contributed by atoms with E-state index in [0.29, 0.717) is 11.8 Å². The summed E-state index contributed by atoms with van der Waals surface area (Å²) in [7, 11) is 0. The fourth-order valence-electron chi connectivity index (χ4n) is 2.55. The molecule has 0 aromatic carbocycles. The Hall–Kier alpha value is 0.0700. The number of hydrogen-bond acceptors (Lipinski definition) is 3. The van der Waals surface area contributed by atoms with Crippen LogP contribution in [0.5, 0.6) is 0 Å². The molecule has 0 aromatic heterocycles. The third kappa shape index (κ3) is 3.82. The van der Waals surface area contributed by atoms with Crippen LogP contribution in [0.4, 0.5) is 0 Å². The van der Waals surface area contributed by atoms with E-state index >= 15 is 0 Å². The molecule has 0 radical (unpaired) electrons. The molecule has 1 amide bonds. The van der Waals surface area contributed by atoms with E-state index in [9.17, 15) is 4.79 Å². The molecule has 3 nitrogen and oxygen atoms in total. The van der Waals surface area contributed by atoms with Crippen LogP contribution in [0.15, 0.2) is 0 Å². The molecular formula is C11H21ClN2OS. The zero-order valence-electron chi connectivity index (χ0n) is 9.70. The molecule has 1 saturated heterocycles. The molecule has 2 fully saturated rings. The van der Waals surface area contributed by atoms with Gasteiger partial charge in [-0.25, -0.2) is 0 Å². The Balaban J connectivity index is 0.00000128. The molecule has 1 aliphatic heterocycles. The highest BCUT2D eigenvalue weighted by atomic mass is 35.5. The second kappa shape index (κ2) is 6.72. The van der Waals surface area contributed by atoms with Crippen LogP contribution in [0, 0.1) is 11.8 Å². The van der Waals surface area contributed by atoms with Crippen molar-refractivity contribution in [1.29, 1.82) is 0 Å². The van der Waals surface area contributed by atoms with Gasteiger partial charge in [-0.05, 0) is 50.4 Å². The Morgan fingerprint density at radius 3 is 2.75 bits per heavy atom. The minimum atomic E-state index is 0. The summed E-state index contributed by atoms with van der Waals surface area (Å²) in [5.41, 5.74) is 0. The lowest BCUT2D eigenvalue weighted by Gasteiger charge is -2.22. The second-order valence-corrected chi connectivity index (χ2v) is 5.46. The van der Waals surface area contributed by atoms with Gasteiger partial charge in [0.25, 0.3) is 0 Å². The summed E-state index contributed by atoms with van der Waals surface area (Å²) in [4.78, 5) is 11.4. The van der Waals surface area contributed by atoms with Crippen molar-refractivity contribution in [2.45, 2.75) is 25.3 Å². The van der Waals surface area contributed by atoms with Crippen molar-refractivity contribution in [2.75, 3.05) is 25.1 Å². The quantitative estimate of drug-likeness (QED) is 0.804. The van der Waals surface area contributed by atoms with E-state index in [1.807, 2.05) is 6.26 Å². The van der Waals surface area contributed by atoms with E-state index in [1.54, 1.807) is 11.8 Å². The summed E-state index contributed by atoms with van der Waals surface area (Å²) >= 11 is 1.59. The Kier molecular flexibility index (Phi) is 5.94. The maximum absolute atomic E-state index is 11.4. The number of piperidine rings is 1. The monoisotopic (exact) mass is 264 g/mol. The van der Waals surface area contributed by atoms with E-state index in [-0.39, 0.29) is 18.3 Å². The number of amides is 1. The average molecular weight is 265 g/mol. The molecule has 94 valence electrons. The highest BCUT2D eigenvalue weighted by Crippen LogP contribution is 2.41. The van der Waals surface area contributed by atoms with Gasteiger partial charge in [0.05, 0.1) is 5.75 Å². The summed E-state index contributed by atoms with van der Waals surface area (Å²) in [6.07, 6.45) is 5.76. The fraction of sp³-hybridized carbons (Fsp3) is 0.909. The first-order chi connectivity index (χ1) is 7.31. The third-order valence-corrected chi connectivity index (χ3v) is 4.00. The number of carbonyl (C=O) groups excluding carboxylic acids is 1. The minimum Gasteiger partial charge on any atom is -0.352 e. The van der Waals surface area contributed by atoms with Crippen molar-refractivity contribution in [1.82, 2.24) is 10.6 Å². The van der Waals surface area contributed by atoms with Gasteiger partial charge in [-0.3, -0.25) is 4.79 Å². The maximum atomic E-state index is 11.4. The fourth-order valence-corrected chi connectivity index (χ4v) is 2.90. The van der Waals surface area contributed by atoms with E-state index < -0.39 is 0 Å². The summed E-state index contributed by atoms with van der Waals surface area (Å²) in [5.74, 6) is 2.45. The zero-order chi connectivity index (χ0) is 10.7. The minimum absolute atomic E-state index is 0. The molecular weight excluding hydrogens is 244 g/mol. The van der Waals surface area contributed by atoms with E-state index in [1.165, 1.54) is 19.3 Å². The SMILES string of the molecule is CSCC(=O)N[C@@H]1C[C@H]1C1CCNCC1.Cl. The van der Waals surface area contributed by atoms with Gasteiger partial charge in [0.2, 0.25) is 5.91 Å². The molecule has 1 heterocycles. The molecule has 0 unspecified atom stereocenters. The van der Waals surface area contributed by atoms with Crippen molar-refractivity contribution >= 4 is 30.1 Å². The van der Waals surface area contributed by atoms with Crippen LogP contribution >= 0.6 is 24.2 Å². The first kappa shape index (κ1) is 14.1. The summed E-state index contributed by atoms with van der Waals surface area (Å²) in [6, 6.07) is 0.493.